The number of halogens is 1. The van der Waals surface area contributed by atoms with E-state index in [1.807, 2.05) is 0 Å². The first kappa shape index (κ1) is 163. The second-order valence-electron chi connectivity index (χ2n) is 0. The Morgan fingerprint density at radius 2 is 0.429 bits per heavy atom. The summed E-state index contributed by atoms with van der Waals surface area (Å²) in [6.45, 7) is 0. The highest BCUT2D eigenvalue weighted by Gasteiger charge is 0.317. The van der Waals surface area contributed by atoms with Gasteiger partial charge in [-0.1, -0.05) is 29.7 Å². The molecule has 0 heterocycles. The first-order valence-electron chi connectivity index (χ1n) is 0. The fraction of sp³-hybridized carbons (Fsp3) is 1.00. The van der Waals surface area contributed by atoms with E-state index in [0.717, 1.165) is 0 Å². The van der Waals surface area contributed by atoms with Gasteiger partial charge < -0.3 is 0 Å². The molecule has 7 heavy (non-hydrogen) atoms. The van der Waals surface area contributed by atoms with Crippen LogP contribution in [0.5, 0.6) is 0 Å². The molecular formula is C4H21ClMg2. The fourth-order valence-electron chi connectivity index (χ4n) is 0. The molecule has 0 aromatic carbocycles. The molecule has 0 amide bonds. The Morgan fingerprint density at radius 3 is 0.429 bits per heavy atom. The summed E-state index contributed by atoms with van der Waals surface area (Å²) in [5, 5.41) is 0. The van der Waals surface area contributed by atoms with Crippen LogP contribution < -0.4 is 0 Å². The van der Waals surface area contributed by atoms with Gasteiger partial charge in [0.2, 0.25) is 0 Å². The van der Waals surface area contributed by atoms with Crippen molar-refractivity contribution in [3.8, 4) is 0 Å². The lowest BCUT2D eigenvalue weighted by molar-refractivity contribution is 2.50. The van der Waals surface area contributed by atoms with Crippen LogP contribution in [-0.4, -0.2) is 46.1 Å². The third-order valence-electron chi connectivity index (χ3n) is 0. The van der Waals surface area contributed by atoms with E-state index < -0.39 is 0 Å². The van der Waals surface area contributed by atoms with Crippen LogP contribution in [0.4, 0.5) is 0 Å². The van der Waals surface area contributed by atoms with Crippen LogP contribution in [0, 0.1) is 0 Å². The van der Waals surface area contributed by atoms with Crippen molar-refractivity contribution in [1.29, 1.82) is 0 Å². The van der Waals surface area contributed by atoms with Gasteiger partial charge in [0.05, 0.1) is 0 Å². The molecule has 0 radical (unpaired) electrons. The minimum atomic E-state index is 0. The summed E-state index contributed by atoms with van der Waals surface area (Å²) in [6.07, 6.45) is 0. The lowest BCUT2D eigenvalue weighted by Gasteiger charge is -0.147. The number of hydrogen-bond acceptors (Lipinski definition) is 0. The second-order valence-corrected chi connectivity index (χ2v) is 0. The molecule has 0 bridgehead atoms. The van der Waals surface area contributed by atoms with Gasteiger partial charge in [-0.15, -0.1) is 12.4 Å². The topological polar surface area (TPSA) is 0 Å². The van der Waals surface area contributed by atoms with Crippen LogP contribution in [0.15, 0.2) is 0 Å². The normalized spacial score (nSPS) is 0. The number of rotatable bonds is 0. The highest BCUT2D eigenvalue weighted by molar-refractivity contribution is 5.85. The molecule has 0 nitrogen and oxygen atoms in total. The van der Waals surface area contributed by atoms with Crippen molar-refractivity contribution < 1.29 is 0 Å². The van der Waals surface area contributed by atoms with Gasteiger partial charge in [-0.3, -0.25) is 0 Å². The van der Waals surface area contributed by atoms with E-state index >= 15 is 0 Å². The Hall–Kier alpha value is 1.82. The van der Waals surface area contributed by atoms with Gasteiger partial charge >= 0.3 is 46.1 Å². The Morgan fingerprint density at radius 1 is 0.429 bits per heavy atom. The standard InChI is InChI=1S/4CH4.ClH.2Mg.4H/h4*1H4;1H;;;;;;. The van der Waals surface area contributed by atoms with Crippen LogP contribution in [0.3, 0.4) is 0 Å². The maximum Gasteiger partial charge on any atom is 0.316 e. The van der Waals surface area contributed by atoms with E-state index in [4.69, 9.17) is 0 Å². The van der Waals surface area contributed by atoms with Gasteiger partial charge in [0, 0.05) is 0 Å². The van der Waals surface area contributed by atoms with Crippen molar-refractivity contribution >= 4 is 58.5 Å². The Bertz CT molecular complexity index is 9.65. The maximum atomic E-state index is 0. The first-order valence-corrected chi connectivity index (χ1v) is 0. The molecule has 0 rings (SSSR count). The fourth-order valence-corrected chi connectivity index (χ4v) is 0. The summed E-state index contributed by atoms with van der Waals surface area (Å²) >= 11 is 0. The van der Waals surface area contributed by atoms with Gasteiger partial charge in [-0.2, -0.15) is 0 Å². The van der Waals surface area contributed by atoms with Gasteiger partial charge in [0.1, 0.15) is 0 Å². The Balaban J connectivity index is 0. The third-order valence-corrected chi connectivity index (χ3v) is 0. The van der Waals surface area contributed by atoms with Gasteiger partial charge in [0.25, 0.3) is 0 Å². The molecule has 0 unspecified atom stereocenters. The summed E-state index contributed by atoms with van der Waals surface area (Å²) in [7, 11) is 0. The predicted octanol–water partition coefficient (Wildman–Crippen LogP) is 1.13. The second kappa shape index (κ2) is 110. The summed E-state index contributed by atoms with van der Waals surface area (Å²) in [5.74, 6) is 0. The maximum absolute atomic E-state index is 0. The molecule has 3 heteroatoms. The molecule has 0 aliphatic heterocycles. The van der Waals surface area contributed by atoms with Crippen molar-refractivity contribution in [1.82, 2.24) is 0 Å². The van der Waals surface area contributed by atoms with Crippen LogP contribution in [0.1, 0.15) is 29.7 Å². The zero-order chi connectivity index (χ0) is 0. The summed E-state index contributed by atoms with van der Waals surface area (Å²) in [4.78, 5) is 0. The molecule has 0 atom stereocenters. The van der Waals surface area contributed by atoms with Crippen LogP contribution >= 0.6 is 12.4 Å². The average Bonchev–Trinajstić information content (AvgIpc) is 0. The number of hydrogen-bond donors (Lipinski definition) is 0. The van der Waals surface area contributed by atoms with Crippen molar-refractivity contribution in [2.45, 2.75) is 29.7 Å². The smallest absolute Gasteiger partial charge is 0.147 e. The highest BCUT2D eigenvalue weighted by Crippen LogP contribution is 0.690. The molecule has 0 aromatic rings. The lowest BCUT2D eigenvalue weighted by atomic mass is 12.0. The highest BCUT2D eigenvalue weighted by atomic mass is 35.5. The molecule has 0 aliphatic rings. The molecule has 0 aliphatic carbocycles. The van der Waals surface area contributed by atoms with Crippen molar-refractivity contribution in [3.63, 3.8) is 0 Å². The predicted molar refractivity (Wildman–Crippen MR) is 51.3 cm³/mol. The van der Waals surface area contributed by atoms with E-state index in [9.17, 15) is 0 Å². The van der Waals surface area contributed by atoms with Crippen molar-refractivity contribution in [3.05, 3.63) is 0 Å². The van der Waals surface area contributed by atoms with E-state index in [1.165, 1.54) is 0 Å². The average molecular weight is 153 g/mol. The third kappa shape index (κ3) is 79.8. The summed E-state index contributed by atoms with van der Waals surface area (Å²) < 4.78 is 0. The molecule has 0 fully saturated rings. The van der Waals surface area contributed by atoms with Gasteiger partial charge in [-0.25, -0.2) is 0 Å². The minimum absolute atomic E-state index is 0. The van der Waals surface area contributed by atoms with Crippen LogP contribution in [0.2, 0.25) is 0 Å². The van der Waals surface area contributed by atoms with Crippen molar-refractivity contribution in [2.24, 2.45) is 0 Å². The van der Waals surface area contributed by atoms with Crippen LogP contribution in [0.25, 0.3) is 0 Å². The molecule has 0 aromatic heterocycles. The van der Waals surface area contributed by atoms with Crippen molar-refractivity contribution in [2.75, 3.05) is 0 Å². The lowest BCUT2D eigenvalue weighted by Crippen LogP contribution is -0.382. The Kier molecular flexibility index (Phi) is 2550. The minimum Gasteiger partial charge on any atom is -0.147 e. The molecule has 48 valence electrons. The zero-order valence-electron chi connectivity index (χ0n) is 0.408. The summed E-state index contributed by atoms with van der Waals surface area (Å²) in [5.41, 5.74) is 0. The largest absolute Gasteiger partial charge is 0.316 e. The van der Waals surface area contributed by atoms with Gasteiger partial charge in [0.15, 0.2) is 0 Å². The van der Waals surface area contributed by atoms with E-state index in [2.05, 4.69) is 0 Å². The van der Waals surface area contributed by atoms with E-state index in [1.54, 1.807) is 0 Å². The molecule has 0 spiro atoms. The zero-order valence-corrected chi connectivity index (χ0v) is 1.22. The Labute approximate surface area is 87.5 Å². The van der Waals surface area contributed by atoms with Crippen LogP contribution in [-0.2, 0) is 0 Å². The first-order chi connectivity index (χ1) is 0. The molecule has 0 saturated carbocycles. The van der Waals surface area contributed by atoms with Gasteiger partial charge in [-0.05, 0) is 0 Å². The quantitative estimate of drug-likeness (QED) is 0.458. The SMILES string of the molecule is C.C.C.C.Cl.[MgH2].[MgH2]. The molecule has 0 N–H and O–H groups in total. The van der Waals surface area contributed by atoms with E-state index in [-0.39, 0.29) is 88.2 Å². The summed E-state index contributed by atoms with van der Waals surface area (Å²) in [6, 6.07) is 0. The molecule has 0 saturated heterocycles. The monoisotopic (exact) mass is 152 g/mol. The molecular weight excluding hydrogens is 132 g/mol. The van der Waals surface area contributed by atoms with E-state index in [0.29, 0.717) is 0 Å².